The topological polar surface area (TPSA) is 43.1 Å². The second-order valence-electron chi connectivity index (χ2n) is 2.69. The van der Waals surface area contributed by atoms with E-state index in [0.29, 0.717) is 17.4 Å². The molecule has 0 saturated heterocycles. The van der Waals surface area contributed by atoms with E-state index in [1.807, 2.05) is 12.1 Å². The van der Waals surface area contributed by atoms with E-state index >= 15 is 0 Å². The first-order chi connectivity index (χ1) is 6.13. The number of carbonyl (C=O) groups is 1. The van der Waals surface area contributed by atoms with Gasteiger partial charge in [0.05, 0.1) is 5.33 Å². The third-order valence-corrected chi connectivity index (χ3v) is 2.76. The summed E-state index contributed by atoms with van der Waals surface area (Å²) >= 11 is 6.42. The molecule has 4 heteroatoms. The van der Waals surface area contributed by atoms with Crippen molar-refractivity contribution in [1.29, 1.82) is 0 Å². The van der Waals surface area contributed by atoms with Crippen LogP contribution >= 0.6 is 31.9 Å². The van der Waals surface area contributed by atoms with Crippen molar-refractivity contribution in [3.8, 4) is 0 Å². The molecule has 0 aromatic heterocycles. The van der Waals surface area contributed by atoms with Gasteiger partial charge < -0.3 is 5.73 Å². The maximum Gasteiger partial charge on any atom is 0.147 e. The molecule has 13 heavy (non-hydrogen) atoms. The highest BCUT2D eigenvalue weighted by Gasteiger charge is 2.04. The molecule has 0 radical (unpaired) electrons. The SMILES string of the molecule is Nc1cc(Br)ccc1CC(=O)CBr. The molecule has 0 spiro atoms. The molecule has 0 fully saturated rings. The van der Waals surface area contributed by atoms with E-state index in [9.17, 15) is 4.79 Å². The molecule has 0 unspecified atom stereocenters. The van der Waals surface area contributed by atoms with Crippen molar-refractivity contribution in [2.45, 2.75) is 6.42 Å². The molecule has 0 heterocycles. The number of halogens is 2. The van der Waals surface area contributed by atoms with Crippen molar-refractivity contribution in [2.75, 3.05) is 11.1 Å². The summed E-state index contributed by atoms with van der Waals surface area (Å²) < 4.78 is 0.931. The first-order valence-electron chi connectivity index (χ1n) is 3.75. The number of hydrogen-bond donors (Lipinski definition) is 1. The summed E-state index contributed by atoms with van der Waals surface area (Å²) in [6.45, 7) is 0. The number of benzene rings is 1. The van der Waals surface area contributed by atoms with Crippen LogP contribution in [0.5, 0.6) is 0 Å². The van der Waals surface area contributed by atoms with Gasteiger partial charge in [0.25, 0.3) is 0 Å². The molecule has 0 atom stereocenters. The van der Waals surface area contributed by atoms with Crippen LogP contribution in [-0.2, 0) is 11.2 Å². The minimum Gasteiger partial charge on any atom is -0.398 e. The molecule has 0 bridgehead atoms. The van der Waals surface area contributed by atoms with Gasteiger partial charge in [-0.25, -0.2) is 0 Å². The zero-order chi connectivity index (χ0) is 9.84. The minimum atomic E-state index is 0.133. The molecule has 0 saturated carbocycles. The van der Waals surface area contributed by atoms with Crippen LogP contribution in [0.1, 0.15) is 5.56 Å². The molecule has 70 valence electrons. The summed E-state index contributed by atoms with van der Waals surface area (Å²) in [4.78, 5) is 11.1. The molecule has 2 nitrogen and oxygen atoms in total. The normalized spacial score (nSPS) is 10.0. The highest BCUT2D eigenvalue weighted by molar-refractivity contribution is 9.10. The number of rotatable bonds is 3. The van der Waals surface area contributed by atoms with E-state index in [-0.39, 0.29) is 5.78 Å². The first kappa shape index (κ1) is 10.7. The van der Waals surface area contributed by atoms with E-state index < -0.39 is 0 Å². The number of Topliss-reactive ketones (excluding diaryl/α,β-unsaturated/α-hetero) is 1. The van der Waals surface area contributed by atoms with Gasteiger partial charge in [-0.1, -0.05) is 37.9 Å². The lowest BCUT2D eigenvalue weighted by Crippen LogP contribution is -2.05. The third kappa shape index (κ3) is 3.12. The standard InChI is InChI=1S/C9H9Br2NO/c10-5-8(13)3-6-1-2-7(11)4-9(6)12/h1-2,4H,3,5,12H2. The summed E-state index contributed by atoms with van der Waals surface area (Å²) in [6, 6.07) is 5.55. The fourth-order valence-corrected chi connectivity index (χ4v) is 1.56. The zero-order valence-electron chi connectivity index (χ0n) is 6.89. The Labute approximate surface area is 93.8 Å². The lowest BCUT2D eigenvalue weighted by atomic mass is 10.1. The third-order valence-electron chi connectivity index (χ3n) is 1.64. The fraction of sp³-hybridized carbons (Fsp3) is 0.222. The zero-order valence-corrected chi connectivity index (χ0v) is 10.1. The lowest BCUT2D eigenvalue weighted by molar-refractivity contribution is -0.115. The fourth-order valence-electron chi connectivity index (χ4n) is 0.986. The van der Waals surface area contributed by atoms with Crippen molar-refractivity contribution in [2.24, 2.45) is 0 Å². The van der Waals surface area contributed by atoms with Gasteiger partial charge >= 0.3 is 0 Å². The summed E-state index contributed by atoms with van der Waals surface area (Å²) in [6.07, 6.45) is 0.393. The Hall–Kier alpha value is -0.350. The highest BCUT2D eigenvalue weighted by atomic mass is 79.9. The average molecular weight is 307 g/mol. The number of ketones is 1. The number of carbonyl (C=O) groups excluding carboxylic acids is 1. The second-order valence-corrected chi connectivity index (χ2v) is 4.17. The van der Waals surface area contributed by atoms with E-state index in [2.05, 4.69) is 31.9 Å². The van der Waals surface area contributed by atoms with Crippen LogP contribution in [0.15, 0.2) is 22.7 Å². The van der Waals surface area contributed by atoms with Crippen molar-refractivity contribution >= 4 is 43.3 Å². The molecule has 1 aromatic carbocycles. The molecule has 1 aromatic rings. The first-order valence-corrected chi connectivity index (χ1v) is 5.66. The van der Waals surface area contributed by atoms with Gasteiger partial charge in [0.2, 0.25) is 0 Å². The molecule has 0 aliphatic carbocycles. The Balaban J connectivity index is 2.83. The number of nitrogens with two attached hydrogens (primary N) is 1. The van der Waals surface area contributed by atoms with Gasteiger partial charge in [0.15, 0.2) is 0 Å². The molecule has 1 rings (SSSR count). The number of alkyl halides is 1. The van der Waals surface area contributed by atoms with Crippen LogP contribution in [0.3, 0.4) is 0 Å². The van der Waals surface area contributed by atoms with Crippen LogP contribution in [0, 0.1) is 0 Å². The monoisotopic (exact) mass is 305 g/mol. The van der Waals surface area contributed by atoms with Crippen LogP contribution in [-0.4, -0.2) is 11.1 Å². The smallest absolute Gasteiger partial charge is 0.147 e. The Morgan fingerprint density at radius 3 is 2.69 bits per heavy atom. The van der Waals surface area contributed by atoms with Gasteiger partial charge in [0.1, 0.15) is 5.78 Å². The maximum absolute atomic E-state index is 11.1. The summed E-state index contributed by atoms with van der Waals surface area (Å²) in [5.41, 5.74) is 7.27. The Bertz CT molecular complexity index is 325. The predicted octanol–water partition coefficient (Wildman–Crippen LogP) is 2.54. The quantitative estimate of drug-likeness (QED) is 0.689. The van der Waals surface area contributed by atoms with E-state index in [0.717, 1.165) is 10.0 Å². The van der Waals surface area contributed by atoms with Crippen LogP contribution in [0.4, 0.5) is 5.69 Å². The van der Waals surface area contributed by atoms with E-state index in [1.54, 1.807) is 6.07 Å². The van der Waals surface area contributed by atoms with Gasteiger partial charge in [-0.05, 0) is 17.7 Å². The van der Waals surface area contributed by atoms with Gasteiger partial charge in [-0.3, -0.25) is 4.79 Å². The largest absolute Gasteiger partial charge is 0.398 e. The Morgan fingerprint density at radius 1 is 1.46 bits per heavy atom. The average Bonchev–Trinajstić information content (AvgIpc) is 2.09. The molecule has 0 aliphatic heterocycles. The molecule has 0 amide bonds. The highest BCUT2D eigenvalue weighted by Crippen LogP contribution is 2.19. The van der Waals surface area contributed by atoms with Gasteiger partial charge in [-0.2, -0.15) is 0 Å². The molecular formula is C9H9Br2NO. The van der Waals surface area contributed by atoms with Crippen LogP contribution in [0.25, 0.3) is 0 Å². The Morgan fingerprint density at radius 2 is 2.15 bits per heavy atom. The summed E-state index contributed by atoms with van der Waals surface area (Å²) in [5.74, 6) is 0.133. The van der Waals surface area contributed by atoms with Crippen molar-refractivity contribution < 1.29 is 4.79 Å². The van der Waals surface area contributed by atoms with E-state index in [4.69, 9.17) is 5.73 Å². The van der Waals surface area contributed by atoms with Crippen molar-refractivity contribution in [3.05, 3.63) is 28.2 Å². The number of nitrogen functional groups attached to an aromatic ring is 1. The predicted molar refractivity (Wildman–Crippen MR) is 61.1 cm³/mol. The van der Waals surface area contributed by atoms with Gasteiger partial charge in [-0.15, -0.1) is 0 Å². The summed E-state index contributed by atoms with van der Waals surface area (Å²) in [5, 5.41) is 0.377. The van der Waals surface area contributed by atoms with Crippen molar-refractivity contribution in [3.63, 3.8) is 0 Å². The number of hydrogen-bond acceptors (Lipinski definition) is 2. The van der Waals surface area contributed by atoms with Crippen LogP contribution in [0.2, 0.25) is 0 Å². The second kappa shape index (κ2) is 4.77. The summed E-state index contributed by atoms with van der Waals surface area (Å²) in [7, 11) is 0. The Kier molecular flexibility index (Phi) is 3.93. The lowest BCUT2D eigenvalue weighted by Gasteiger charge is -2.03. The maximum atomic E-state index is 11.1. The number of anilines is 1. The minimum absolute atomic E-state index is 0.133. The van der Waals surface area contributed by atoms with Crippen molar-refractivity contribution in [1.82, 2.24) is 0 Å². The van der Waals surface area contributed by atoms with Crippen LogP contribution < -0.4 is 5.73 Å². The molecule has 0 aliphatic rings. The van der Waals surface area contributed by atoms with Gasteiger partial charge in [0, 0.05) is 16.6 Å². The molecule has 2 N–H and O–H groups in total. The molecular weight excluding hydrogens is 298 g/mol. The van der Waals surface area contributed by atoms with E-state index in [1.165, 1.54) is 0 Å².